The van der Waals surface area contributed by atoms with Gasteiger partial charge in [-0.3, -0.25) is 4.68 Å². The quantitative estimate of drug-likeness (QED) is 0.493. The average Bonchev–Trinajstić information content (AvgIpc) is 2.92. The molecular formula is C21H36N3O2+. The third-order valence-corrected chi connectivity index (χ3v) is 6.48. The normalized spacial score (nSPS) is 24.9. The Morgan fingerprint density at radius 3 is 2.88 bits per heavy atom. The molecule has 2 bridgehead atoms. The molecule has 26 heavy (non-hydrogen) atoms. The van der Waals surface area contributed by atoms with Crippen molar-refractivity contribution in [1.29, 1.82) is 0 Å². The van der Waals surface area contributed by atoms with Gasteiger partial charge < -0.3 is 15.2 Å². The van der Waals surface area contributed by atoms with Crippen molar-refractivity contribution >= 4 is 0 Å². The lowest BCUT2D eigenvalue weighted by Crippen LogP contribution is -2.86. The van der Waals surface area contributed by atoms with Gasteiger partial charge in [-0.25, -0.2) is 0 Å². The summed E-state index contributed by atoms with van der Waals surface area (Å²) in [5.74, 6) is 1.56. The number of aryl methyl sites for hydroxylation is 3. The van der Waals surface area contributed by atoms with Crippen LogP contribution in [0.15, 0.2) is 17.7 Å². The summed E-state index contributed by atoms with van der Waals surface area (Å²) in [6.07, 6.45) is 5.57. The molecule has 5 nitrogen and oxygen atoms in total. The summed E-state index contributed by atoms with van der Waals surface area (Å²) in [6, 6.07) is 2.11. The molecule has 0 unspecified atom stereocenters. The summed E-state index contributed by atoms with van der Waals surface area (Å²) in [5.41, 5.74) is 4.20. The van der Waals surface area contributed by atoms with E-state index in [0.717, 1.165) is 31.1 Å². The molecular weight excluding hydrogens is 326 g/mol. The van der Waals surface area contributed by atoms with Crippen LogP contribution >= 0.6 is 0 Å². The summed E-state index contributed by atoms with van der Waals surface area (Å²) >= 11 is 0. The van der Waals surface area contributed by atoms with E-state index in [-0.39, 0.29) is 0 Å². The van der Waals surface area contributed by atoms with E-state index in [0.29, 0.717) is 31.1 Å². The molecule has 0 saturated heterocycles. The van der Waals surface area contributed by atoms with E-state index in [9.17, 15) is 5.11 Å². The molecule has 146 valence electrons. The van der Waals surface area contributed by atoms with Crippen molar-refractivity contribution in [2.75, 3.05) is 26.3 Å². The lowest BCUT2D eigenvalue weighted by molar-refractivity contribution is -0.661. The van der Waals surface area contributed by atoms with Gasteiger partial charge in [0.25, 0.3) is 0 Å². The maximum absolute atomic E-state index is 10.1. The zero-order valence-corrected chi connectivity index (χ0v) is 16.9. The highest BCUT2D eigenvalue weighted by Crippen LogP contribution is 2.59. The van der Waals surface area contributed by atoms with E-state index in [1.54, 1.807) is 0 Å². The van der Waals surface area contributed by atoms with Gasteiger partial charge in [-0.15, -0.1) is 0 Å². The molecule has 0 aliphatic heterocycles. The highest BCUT2D eigenvalue weighted by atomic mass is 16.5. The number of allylic oxidation sites excluding steroid dienone is 1. The van der Waals surface area contributed by atoms with Gasteiger partial charge in [-0.2, -0.15) is 5.10 Å². The molecule has 1 fully saturated rings. The molecule has 3 aliphatic carbocycles. The Balaban J connectivity index is 1.25. The van der Waals surface area contributed by atoms with Gasteiger partial charge in [0, 0.05) is 18.7 Å². The Kier molecular flexibility index (Phi) is 6.21. The molecule has 1 aromatic rings. The fraction of sp³-hybridized carbons (Fsp3) is 0.762. The van der Waals surface area contributed by atoms with Gasteiger partial charge >= 0.3 is 0 Å². The van der Waals surface area contributed by atoms with E-state index < -0.39 is 6.10 Å². The van der Waals surface area contributed by atoms with Gasteiger partial charge in [0.05, 0.1) is 25.5 Å². The Bertz CT molecular complexity index is 635. The number of hydrogen-bond acceptors (Lipinski definition) is 3. The van der Waals surface area contributed by atoms with Gasteiger partial charge in [0.2, 0.25) is 0 Å². The molecule has 3 atom stereocenters. The number of rotatable bonds is 10. The summed E-state index contributed by atoms with van der Waals surface area (Å²) in [5, 5.41) is 16.8. The molecule has 5 heteroatoms. The molecule has 4 rings (SSSR count). The Labute approximate surface area is 157 Å². The third-order valence-electron chi connectivity index (χ3n) is 6.48. The Morgan fingerprint density at radius 2 is 2.23 bits per heavy atom. The molecule has 3 aliphatic rings. The van der Waals surface area contributed by atoms with Gasteiger partial charge in [-0.1, -0.05) is 19.9 Å². The number of aromatic nitrogens is 2. The van der Waals surface area contributed by atoms with Crippen LogP contribution in [0.5, 0.6) is 0 Å². The number of nitrogens with two attached hydrogens (primary N) is 1. The number of hydrogen-bond donors (Lipinski definition) is 2. The maximum atomic E-state index is 10.1. The molecule has 1 saturated carbocycles. The topological polar surface area (TPSA) is 63.9 Å². The summed E-state index contributed by atoms with van der Waals surface area (Å²) < 4.78 is 7.88. The second kappa shape index (κ2) is 8.24. The van der Waals surface area contributed by atoms with Crippen molar-refractivity contribution in [2.24, 2.45) is 17.3 Å². The Hall–Kier alpha value is -1.17. The van der Waals surface area contributed by atoms with Crippen molar-refractivity contribution in [3.63, 3.8) is 0 Å². The van der Waals surface area contributed by atoms with Gasteiger partial charge in [0.1, 0.15) is 12.6 Å². The van der Waals surface area contributed by atoms with Gasteiger partial charge in [0.15, 0.2) is 0 Å². The molecule has 0 spiro atoms. The molecule has 0 amide bonds. The fourth-order valence-electron chi connectivity index (χ4n) is 4.62. The number of ether oxygens (including phenoxy) is 1. The number of aliphatic hydroxyl groups excluding tert-OH is 1. The monoisotopic (exact) mass is 362 g/mol. The van der Waals surface area contributed by atoms with Crippen molar-refractivity contribution in [3.05, 3.63) is 29.1 Å². The number of aliphatic hydroxyl groups is 1. The molecule has 0 radical (unpaired) electrons. The van der Waals surface area contributed by atoms with E-state index in [1.165, 1.54) is 24.1 Å². The van der Waals surface area contributed by atoms with Crippen LogP contribution in [0.25, 0.3) is 0 Å². The van der Waals surface area contributed by atoms with Gasteiger partial charge in [-0.05, 0) is 55.6 Å². The fourth-order valence-corrected chi connectivity index (χ4v) is 4.62. The minimum absolute atomic E-state index is 0.393. The van der Waals surface area contributed by atoms with Crippen molar-refractivity contribution in [2.45, 2.75) is 59.6 Å². The minimum atomic E-state index is -0.393. The van der Waals surface area contributed by atoms with Crippen LogP contribution in [0.2, 0.25) is 0 Å². The maximum Gasteiger partial charge on any atom is 0.126 e. The lowest BCUT2D eigenvalue weighted by Gasteiger charge is -2.56. The minimum Gasteiger partial charge on any atom is -0.385 e. The Morgan fingerprint density at radius 1 is 1.42 bits per heavy atom. The molecule has 1 aromatic heterocycles. The summed E-state index contributed by atoms with van der Waals surface area (Å²) in [6.45, 7) is 12.7. The molecule has 1 heterocycles. The van der Waals surface area contributed by atoms with Crippen molar-refractivity contribution in [1.82, 2.24) is 9.78 Å². The van der Waals surface area contributed by atoms with Crippen LogP contribution in [-0.2, 0) is 11.3 Å². The number of fused-ring (bicyclic) bond motifs is 1. The first-order valence-corrected chi connectivity index (χ1v) is 10.2. The second-order valence-electron chi connectivity index (χ2n) is 8.81. The first-order valence-electron chi connectivity index (χ1n) is 10.2. The predicted octanol–water partition coefficient (Wildman–Crippen LogP) is 1.82. The van der Waals surface area contributed by atoms with Crippen LogP contribution in [0.3, 0.4) is 0 Å². The zero-order chi connectivity index (χ0) is 18.7. The highest BCUT2D eigenvalue weighted by molar-refractivity contribution is 5.23. The van der Waals surface area contributed by atoms with Crippen LogP contribution < -0.4 is 5.32 Å². The van der Waals surface area contributed by atoms with E-state index in [4.69, 9.17) is 4.74 Å². The second-order valence-corrected chi connectivity index (χ2v) is 8.81. The van der Waals surface area contributed by atoms with E-state index >= 15 is 0 Å². The standard InChI is InChI=1S/C21H35N3O2/c1-15-10-16(2)24(23-15)9-5-8-22-12-19(25)14-26-13-17-6-7-18-11-20(17)21(18,3)4/h6,10,18-20,22,25H,5,7-9,11-14H2,1-4H3/p+1/t18-,19+,20-/m1/s1. The van der Waals surface area contributed by atoms with Crippen molar-refractivity contribution < 1.29 is 15.2 Å². The molecule has 0 aromatic carbocycles. The lowest BCUT2D eigenvalue weighted by atomic mass is 9.49. The van der Waals surface area contributed by atoms with Crippen LogP contribution in [-0.4, -0.2) is 47.3 Å². The average molecular weight is 363 g/mol. The first kappa shape index (κ1) is 19.6. The van der Waals surface area contributed by atoms with Crippen LogP contribution in [0.4, 0.5) is 0 Å². The largest absolute Gasteiger partial charge is 0.385 e. The molecule has 3 N–H and O–H groups in total. The number of nitrogens with zero attached hydrogens (tertiary/aromatic N) is 2. The SMILES string of the molecule is Cc1cc(C)n(CCC[NH2+]C[C@H](O)COCC2=CC[C@@H]3C[C@H]2C3(C)C)n1. The predicted molar refractivity (Wildman–Crippen MR) is 103 cm³/mol. The zero-order valence-electron chi connectivity index (χ0n) is 16.9. The van der Waals surface area contributed by atoms with Crippen molar-refractivity contribution in [3.8, 4) is 0 Å². The van der Waals surface area contributed by atoms with Crippen LogP contribution in [0.1, 0.15) is 44.5 Å². The smallest absolute Gasteiger partial charge is 0.126 e. The third kappa shape index (κ3) is 4.38. The number of quaternary nitrogens is 1. The van der Waals surface area contributed by atoms with Crippen LogP contribution in [0, 0.1) is 31.1 Å². The first-order chi connectivity index (χ1) is 12.4. The summed E-state index contributed by atoms with van der Waals surface area (Å²) in [7, 11) is 0. The highest BCUT2D eigenvalue weighted by Gasteiger charge is 2.50. The van der Waals surface area contributed by atoms with E-state index in [1.807, 2.05) is 6.92 Å². The van der Waals surface area contributed by atoms with E-state index in [2.05, 4.69) is 48.0 Å². The summed E-state index contributed by atoms with van der Waals surface area (Å²) in [4.78, 5) is 0.